The molecule has 1 aliphatic rings. The summed E-state index contributed by atoms with van der Waals surface area (Å²) in [4.78, 5) is 19.2. The van der Waals surface area contributed by atoms with Gasteiger partial charge >= 0.3 is 0 Å². The van der Waals surface area contributed by atoms with Gasteiger partial charge in [0.2, 0.25) is 0 Å². The normalized spacial score (nSPS) is 17.4. The van der Waals surface area contributed by atoms with Crippen LogP contribution in [0, 0.1) is 12.8 Å². The fourth-order valence-corrected chi connectivity index (χ4v) is 1.76. The molecule has 0 aromatic carbocycles. The Hall–Kier alpha value is -1.16. The lowest BCUT2D eigenvalue weighted by Gasteiger charge is -2.11. The predicted octanol–water partition coefficient (Wildman–Crippen LogP) is 1.09. The molecule has 0 saturated heterocycles. The summed E-state index contributed by atoms with van der Waals surface area (Å²) >= 11 is 0. The van der Waals surface area contributed by atoms with Crippen LogP contribution in [-0.2, 0) is 6.42 Å². The van der Waals surface area contributed by atoms with E-state index in [-0.39, 0.29) is 5.56 Å². The van der Waals surface area contributed by atoms with Crippen LogP contribution in [0.5, 0.6) is 0 Å². The molecule has 4 heteroatoms. The number of hydrogen-bond donors (Lipinski definition) is 2. The highest BCUT2D eigenvalue weighted by Crippen LogP contribution is 2.37. The Labute approximate surface area is 95.3 Å². The van der Waals surface area contributed by atoms with Crippen molar-refractivity contribution in [2.75, 3.05) is 6.54 Å². The Morgan fingerprint density at radius 2 is 2.25 bits per heavy atom. The van der Waals surface area contributed by atoms with Crippen molar-refractivity contribution in [1.29, 1.82) is 0 Å². The third-order valence-corrected chi connectivity index (χ3v) is 3.18. The van der Waals surface area contributed by atoms with Crippen LogP contribution in [0.2, 0.25) is 0 Å². The van der Waals surface area contributed by atoms with E-state index < -0.39 is 0 Å². The van der Waals surface area contributed by atoms with Crippen molar-refractivity contribution in [3.63, 3.8) is 0 Å². The number of nitrogens with two attached hydrogens (primary N) is 1. The zero-order valence-electron chi connectivity index (χ0n) is 9.92. The van der Waals surface area contributed by atoms with Gasteiger partial charge in [0.25, 0.3) is 5.56 Å². The molecule has 0 radical (unpaired) electrons. The van der Waals surface area contributed by atoms with Gasteiger partial charge in [0.15, 0.2) is 0 Å². The maximum absolute atomic E-state index is 11.7. The third kappa shape index (κ3) is 2.32. The van der Waals surface area contributed by atoms with Crippen molar-refractivity contribution in [3.05, 3.63) is 27.4 Å². The Bertz CT molecular complexity index is 434. The molecular formula is C12H19N3O. The topological polar surface area (TPSA) is 71.8 Å². The van der Waals surface area contributed by atoms with Crippen LogP contribution >= 0.6 is 0 Å². The molecule has 1 unspecified atom stereocenters. The monoisotopic (exact) mass is 221 g/mol. The molecule has 2 rings (SSSR count). The van der Waals surface area contributed by atoms with Crippen LogP contribution in [-0.4, -0.2) is 16.5 Å². The summed E-state index contributed by atoms with van der Waals surface area (Å²) in [6.45, 7) is 4.55. The Morgan fingerprint density at radius 1 is 1.56 bits per heavy atom. The van der Waals surface area contributed by atoms with Crippen molar-refractivity contribution >= 4 is 0 Å². The molecule has 0 amide bonds. The Morgan fingerprint density at radius 3 is 2.81 bits per heavy atom. The number of nitrogens with one attached hydrogen (secondary N) is 1. The first-order chi connectivity index (χ1) is 7.61. The van der Waals surface area contributed by atoms with Gasteiger partial charge in [-0.25, -0.2) is 4.98 Å². The molecule has 1 heterocycles. The molecule has 1 atom stereocenters. The number of H-pyrrole nitrogens is 1. The first-order valence-electron chi connectivity index (χ1n) is 5.91. The van der Waals surface area contributed by atoms with Gasteiger partial charge in [0.05, 0.1) is 5.69 Å². The molecule has 0 bridgehead atoms. The van der Waals surface area contributed by atoms with Crippen molar-refractivity contribution in [2.45, 2.75) is 39.0 Å². The second-order valence-corrected chi connectivity index (χ2v) is 4.84. The summed E-state index contributed by atoms with van der Waals surface area (Å²) < 4.78 is 0. The van der Waals surface area contributed by atoms with Crippen molar-refractivity contribution in [3.8, 4) is 0 Å². The van der Waals surface area contributed by atoms with E-state index in [0.29, 0.717) is 18.4 Å². The molecule has 1 aromatic rings. The molecule has 4 nitrogen and oxygen atoms in total. The Balaban J connectivity index is 2.31. The van der Waals surface area contributed by atoms with Crippen LogP contribution in [0.4, 0.5) is 0 Å². The summed E-state index contributed by atoms with van der Waals surface area (Å²) in [6, 6.07) is 0. The van der Waals surface area contributed by atoms with Crippen molar-refractivity contribution in [2.24, 2.45) is 11.7 Å². The van der Waals surface area contributed by atoms with E-state index in [1.165, 1.54) is 0 Å². The lowest BCUT2D eigenvalue weighted by atomic mass is 10.0. The smallest absolute Gasteiger partial charge is 0.254 e. The minimum atomic E-state index is 0.0103. The highest BCUT2D eigenvalue weighted by atomic mass is 16.1. The van der Waals surface area contributed by atoms with E-state index >= 15 is 0 Å². The van der Waals surface area contributed by atoms with Gasteiger partial charge in [0.1, 0.15) is 5.82 Å². The van der Waals surface area contributed by atoms with Crippen LogP contribution < -0.4 is 11.3 Å². The maximum atomic E-state index is 11.7. The van der Waals surface area contributed by atoms with Gasteiger partial charge in [-0.1, -0.05) is 6.92 Å². The Kier molecular flexibility index (Phi) is 3.10. The summed E-state index contributed by atoms with van der Waals surface area (Å²) in [7, 11) is 0. The number of hydrogen-bond acceptors (Lipinski definition) is 3. The molecule has 16 heavy (non-hydrogen) atoms. The number of nitrogens with zero attached hydrogens (tertiary/aromatic N) is 1. The second-order valence-electron chi connectivity index (χ2n) is 4.84. The van der Waals surface area contributed by atoms with E-state index in [4.69, 9.17) is 5.73 Å². The van der Waals surface area contributed by atoms with Gasteiger partial charge < -0.3 is 10.7 Å². The first-order valence-corrected chi connectivity index (χ1v) is 5.91. The van der Waals surface area contributed by atoms with E-state index in [0.717, 1.165) is 36.3 Å². The first kappa shape index (κ1) is 11.3. The zero-order valence-corrected chi connectivity index (χ0v) is 9.92. The minimum absolute atomic E-state index is 0.0103. The fourth-order valence-electron chi connectivity index (χ4n) is 1.76. The zero-order chi connectivity index (χ0) is 11.7. The van der Waals surface area contributed by atoms with E-state index in [1.807, 2.05) is 6.92 Å². The van der Waals surface area contributed by atoms with Crippen LogP contribution in [0.25, 0.3) is 0 Å². The lowest BCUT2D eigenvalue weighted by Crippen LogP contribution is -2.21. The van der Waals surface area contributed by atoms with E-state index in [2.05, 4.69) is 16.9 Å². The van der Waals surface area contributed by atoms with Crippen LogP contribution in [0.3, 0.4) is 0 Å². The highest BCUT2D eigenvalue weighted by molar-refractivity contribution is 5.19. The summed E-state index contributed by atoms with van der Waals surface area (Å²) in [5.74, 6) is 1.73. The maximum Gasteiger partial charge on any atom is 0.254 e. The van der Waals surface area contributed by atoms with Crippen molar-refractivity contribution < 1.29 is 0 Å². The molecule has 1 aliphatic carbocycles. The lowest BCUT2D eigenvalue weighted by molar-refractivity contribution is 0.577. The summed E-state index contributed by atoms with van der Waals surface area (Å²) in [6.07, 6.45) is 3.10. The van der Waals surface area contributed by atoms with Crippen LogP contribution in [0.1, 0.15) is 42.8 Å². The standard InChI is InChI=1S/C12H19N3O/c1-7(6-13)5-10-8(2)12(16)15-11(14-10)9-3-4-9/h7,9H,3-6,13H2,1-2H3,(H,14,15,16). The second kappa shape index (κ2) is 4.37. The molecule has 0 aliphatic heterocycles. The molecule has 1 saturated carbocycles. The molecule has 3 N–H and O–H groups in total. The van der Waals surface area contributed by atoms with E-state index in [9.17, 15) is 4.79 Å². The molecule has 88 valence electrons. The molecule has 0 spiro atoms. The highest BCUT2D eigenvalue weighted by Gasteiger charge is 2.27. The average Bonchev–Trinajstić information content (AvgIpc) is 3.07. The number of aromatic nitrogens is 2. The minimum Gasteiger partial charge on any atom is -0.330 e. The van der Waals surface area contributed by atoms with E-state index in [1.54, 1.807) is 0 Å². The number of aromatic amines is 1. The fraction of sp³-hybridized carbons (Fsp3) is 0.667. The van der Waals surface area contributed by atoms with Crippen molar-refractivity contribution in [1.82, 2.24) is 9.97 Å². The summed E-state index contributed by atoms with van der Waals surface area (Å²) in [5.41, 5.74) is 7.28. The molecule has 1 aromatic heterocycles. The third-order valence-electron chi connectivity index (χ3n) is 3.18. The van der Waals surface area contributed by atoms with Gasteiger partial charge in [-0.2, -0.15) is 0 Å². The quantitative estimate of drug-likeness (QED) is 0.799. The van der Waals surface area contributed by atoms with Gasteiger partial charge in [0, 0.05) is 11.5 Å². The SMILES string of the molecule is Cc1c(CC(C)CN)nc(C2CC2)[nH]c1=O. The van der Waals surface area contributed by atoms with Gasteiger partial charge in [-0.3, -0.25) is 4.79 Å². The van der Waals surface area contributed by atoms with Crippen LogP contribution in [0.15, 0.2) is 4.79 Å². The number of rotatable bonds is 4. The largest absolute Gasteiger partial charge is 0.330 e. The predicted molar refractivity (Wildman–Crippen MR) is 63.5 cm³/mol. The summed E-state index contributed by atoms with van der Waals surface area (Å²) in [5, 5.41) is 0. The average molecular weight is 221 g/mol. The molecule has 1 fully saturated rings. The molecular weight excluding hydrogens is 202 g/mol. The van der Waals surface area contributed by atoms with Gasteiger partial charge in [-0.05, 0) is 38.6 Å². The van der Waals surface area contributed by atoms with Gasteiger partial charge in [-0.15, -0.1) is 0 Å².